The van der Waals surface area contributed by atoms with Gasteiger partial charge in [0, 0.05) is 25.5 Å². The van der Waals surface area contributed by atoms with Crippen LogP contribution in [-0.2, 0) is 9.53 Å². The van der Waals surface area contributed by atoms with Gasteiger partial charge in [0.15, 0.2) is 0 Å². The van der Waals surface area contributed by atoms with Crippen molar-refractivity contribution in [3.63, 3.8) is 0 Å². The third-order valence-corrected chi connectivity index (χ3v) is 5.79. The normalized spacial score (nSPS) is 26.3. The molecular formula is C21H23N3O4. The number of rotatable bonds is 3. The minimum atomic E-state index is -0.378. The van der Waals surface area contributed by atoms with Gasteiger partial charge in [-0.25, -0.2) is 4.98 Å². The first-order chi connectivity index (χ1) is 13.5. The van der Waals surface area contributed by atoms with Crippen molar-refractivity contribution in [3.05, 3.63) is 58.7 Å². The summed E-state index contributed by atoms with van der Waals surface area (Å²) in [6.45, 7) is 5.05. The number of fused-ring (bicyclic) bond motifs is 2. The number of hydrogen-bond donors (Lipinski definition) is 0. The number of nitrogens with zero attached hydrogens (tertiary/aromatic N) is 3. The van der Waals surface area contributed by atoms with E-state index in [1.54, 1.807) is 36.2 Å². The van der Waals surface area contributed by atoms with Gasteiger partial charge in [-0.2, -0.15) is 0 Å². The average molecular weight is 381 g/mol. The summed E-state index contributed by atoms with van der Waals surface area (Å²) >= 11 is 0. The van der Waals surface area contributed by atoms with E-state index in [9.17, 15) is 14.4 Å². The summed E-state index contributed by atoms with van der Waals surface area (Å²) < 4.78 is 6.64. The second kappa shape index (κ2) is 7.22. The summed E-state index contributed by atoms with van der Waals surface area (Å²) in [5.41, 5.74) is 0.168. The van der Waals surface area contributed by atoms with E-state index in [1.807, 2.05) is 13.0 Å². The number of carbonyl (C=O) groups excluding carboxylic acids is 2. The second-order valence-electron chi connectivity index (χ2n) is 7.47. The van der Waals surface area contributed by atoms with E-state index in [1.165, 1.54) is 10.6 Å². The molecule has 0 unspecified atom stereocenters. The molecule has 28 heavy (non-hydrogen) atoms. The molecule has 2 aliphatic rings. The first-order valence-electron chi connectivity index (χ1n) is 9.62. The van der Waals surface area contributed by atoms with Gasteiger partial charge >= 0.3 is 5.97 Å². The number of likely N-dealkylation sites (tertiary alicyclic amines) is 1. The fourth-order valence-corrected chi connectivity index (χ4v) is 4.40. The monoisotopic (exact) mass is 381 g/mol. The van der Waals surface area contributed by atoms with Crippen molar-refractivity contribution < 1.29 is 14.3 Å². The van der Waals surface area contributed by atoms with Crippen LogP contribution in [0.15, 0.2) is 47.5 Å². The van der Waals surface area contributed by atoms with Crippen LogP contribution >= 0.6 is 0 Å². The van der Waals surface area contributed by atoms with E-state index in [0.717, 1.165) is 0 Å². The molecule has 7 nitrogen and oxygen atoms in total. The first kappa shape index (κ1) is 18.4. The van der Waals surface area contributed by atoms with Crippen molar-refractivity contribution in [1.82, 2.24) is 14.3 Å². The highest BCUT2D eigenvalue weighted by molar-refractivity contribution is 5.94. The SMILES string of the molecule is CCOC(=O)[C@H]1[C@@H]2CN(C(=O)c3cnc4ccccn4c3=O)C[C@@H]2C=C[C@@H]1C. The number of esters is 1. The Hall–Kier alpha value is -2.96. The maximum absolute atomic E-state index is 13.1. The number of allylic oxidation sites excluding steroid dienone is 1. The van der Waals surface area contributed by atoms with Crippen LogP contribution in [0, 0.1) is 23.7 Å². The summed E-state index contributed by atoms with van der Waals surface area (Å²) in [4.78, 5) is 44.2. The second-order valence-corrected chi connectivity index (χ2v) is 7.47. The topological polar surface area (TPSA) is 81.0 Å². The molecular weight excluding hydrogens is 358 g/mol. The molecule has 4 atom stereocenters. The fraction of sp³-hybridized carbons (Fsp3) is 0.429. The van der Waals surface area contributed by atoms with Crippen molar-refractivity contribution in [3.8, 4) is 0 Å². The van der Waals surface area contributed by atoms with E-state index < -0.39 is 0 Å². The molecule has 1 saturated heterocycles. The lowest BCUT2D eigenvalue weighted by Gasteiger charge is -2.31. The highest BCUT2D eigenvalue weighted by Gasteiger charge is 2.46. The van der Waals surface area contributed by atoms with E-state index in [-0.39, 0.29) is 46.7 Å². The van der Waals surface area contributed by atoms with Crippen molar-refractivity contribution in [1.29, 1.82) is 0 Å². The van der Waals surface area contributed by atoms with Gasteiger partial charge in [0.1, 0.15) is 11.2 Å². The van der Waals surface area contributed by atoms with Crippen LogP contribution in [0.5, 0.6) is 0 Å². The summed E-state index contributed by atoms with van der Waals surface area (Å²) in [5.74, 6) is -0.679. The zero-order valence-corrected chi connectivity index (χ0v) is 15.9. The van der Waals surface area contributed by atoms with E-state index >= 15 is 0 Å². The molecule has 7 heteroatoms. The number of carbonyl (C=O) groups is 2. The highest BCUT2D eigenvalue weighted by Crippen LogP contribution is 2.40. The van der Waals surface area contributed by atoms with Crippen molar-refractivity contribution >= 4 is 17.5 Å². The largest absolute Gasteiger partial charge is 0.466 e. The molecule has 0 radical (unpaired) electrons. The zero-order chi connectivity index (χ0) is 19.8. The van der Waals surface area contributed by atoms with Crippen molar-refractivity contribution in [2.45, 2.75) is 13.8 Å². The van der Waals surface area contributed by atoms with Gasteiger partial charge in [-0.1, -0.05) is 25.1 Å². The van der Waals surface area contributed by atoms with Gasteiger partial charge in [-0.05, 0) is 36.8 Å². The lowest BCUT2D eigenvalue weighted by molar-refractivity contribution is -0.152. The number of hydrogen-bond acceptors (Lipinski definition) is 5. The molecule has 4 rings (SSSR count). The molecule has 0 saturated carbocycles. The Morgan fingerprint density at radius 1 is 1.25 bits per heavy atom. The summed E-state index contributed by atoms with van der Waals surface area (Å²) in [6, 6.07) is 5.23. The smallest absolute Gasteiger partial charge is 0.309 e. The Morgan fingerprint density at radius 2 is 2.07 bits per heavy atom. The van der Waals surface area contributed by atoms with Gasteiger partial charge in [0.05, 0.1) is 12.5 Å². The predicted molar refractivity (Wildman–Crippen MR) is 103 cm³/mol. The quantitative estimate of drug-likeness (QED) is 0.598. The maximum Gasteiger partial charge on any atom is 0.309 e. The predicted octanol–water partition coefficient (Wildman–Crippen LogP) is 1.77. The number of aromatic nitrogens is 2. The molecule has 1 aliphatic heterocycles. The minimum Gasteiger partial charge on any atom is -0.466 e. The molecule has 1 amide bonds. The van der Waals surface area contributed by atoms with Gasteiger partial charge in [0.2, 0.25) is 0 Å². The molecule has 2 aromatic heterocycles. The summed E-state index contributed by atoms with van der Waals surface area (Å²) in [5, 5.41) is 0. The number of ether oxygens (including phenoxy) is 1. The van der Waals surface area contributed by atoms with Crippen LogP contribution in [0.1, 0.15) is 24.2 Å². The molecule has 1 aliphatic carbocycles. The molecule has 1 fully saturated rings. The summed E-state index contributed by atoms with van der Waals surface area (Å²) in [6.07, 6.45) is 7.07. The standard InChI is InChI=1S/C21H23N3O4/c1-3-28-21(27)18-13(2)7-8-14-11-23(12-16(14)18)19(25)15-10-22-17-6-4-5-9-24(17)20(15)26/h4-10,13-14,16,18H,3,11-12H2,1-2H3/t13-,14-,16+,18+/m0/s1. The number of amides is 1. The van der Waals surface area contributed by atoms with Crippen molar-refractivity contribution in [2.24, 2.45) is 23.7 Å². The highest BCUT2D eigenvalue weighted by atomic mass is 16.5. The van der Waals surface area contributed by atoms with Gasteiger partial charge in [-0.3, -0.25) is 18.8 Å². The Morgan fingerprint density at radius 3 is 2.86 bits per heavy atom. The summed E-state index contributed by atoms with van der Waals surface area (Å²) in [7, 11) is 0. The van der Waals surface area contributed by atoms with Crippen molar-refractivity contribution in [2.75, 3.05) is 19.7 Å². The van der Waals surface area contributed by atoms with Crippen LogP contribution < -0.4 is 5.56 Å². The third kappa shape index (κ3) is 3.00. The Kier molecular flexibility index (Phi) is 4.75. The van der Waals surface area contributed by atoms with E-state index in [2.05, 4.69) is 11.1 Å². The molecule has 0 bridgehead atoms. The molecule has 146 valence electrons. The molecule has 0 aromatic carbocycles. The lowest BCUT2D eigenvalue weighted by atomic mass is 9.72. The molecule has 2 aromatic rings. The number of pyridine rings is 1. The Labute approximate surface area is 162 Å². The maximum atomic E-state index is 13.1. The molecule has 0 spiro atoms. The van der Waals surface area contributed by atoms with Gasteiger partial charge in [0.25, 0.3) is 11.5 Å². The average Bonchev–Trinajstić information content (AvgIpc) is 3.12. The third-order valence-electron chi connectivity index (χ3n) is 5.79. The van der Waals surface area contributed by atoms with Gasteiger partial charge in [-0.15, -0.1) is 0 Å². The Balaban J connectivity index is 1.61. The Bertz CT molecular complexity index is 1010. The molecule has 3 heterocycles. The van der Waals surface area contributed by atoms with Crippen LogP contribution in [0.3, 0.4) is 0 Å². The van der Waals surface area contributed by atoms with Crippen LogP contribution in [0.25, 0.3) is 5.65 Å². The molecule has 0 N–H and O–H groups in total. The fourth-order valence-electron chi connectivity index (χ4n) is 4.40. The lowest BCUT2D eigenvalue weighted by Crippen LogP contribution is -2.38. The minimum absolute atomic E-state index is 0.000768. The van der Waals surface area contributed by atoms with Crippen LogP contribution in [-0.4, -0.2) is 45.9 Å². The first-order valence-corrected chi connectivity index (χ1v) is 9.62. The van der Waals surface area contributed by atoms with Crippen LogP contribution in [0.4, 0.5) is 0 Å². The van der Waals surface area contributed by atoms with E-state index in [4.69, 9.17) is 4.74 Å². The van der Waals surface area contributed by atoms with E-state index in [0.29, 0.717) is 25.3 Å². The van der Waals surface area contributed by atoms with Crippen LogP contribution in [0.2, 0.25) is 0 Å². The zero-order valence-electron chi connectivity index (χ0n) is 15.9. The van der Waals surface area contributed by atoms with Gasteiger partial charge < -0.3 is 9.64 Å².